The van der Waals surface area contributed by atoms with Crippen molar-refractivity contribution in [3.63, 3.8) is 0 Å². The van der Waals surface area contributed by atoms with E-state index in [4.69, 9.17) is 35.5 Å². The first-order valence-corrected chi connectivity index (χ1v) is 20.6. The van der Waals surface area contributed by atoms with Crippen molar-refractivity contribution in [1.82, 2.24) is 19.9 Å². The highest BCUT2D eigenvalue weighted by molar-refractivity contribution is 6.28. The summed E-state index contributed by atoms with van der Waals surface area (Å²) >= 11 is 6.03. The van der Waals surface area contributed by atoms with E-state index in [-0.39, 0.29) is 17.2 Å². The number of nitrogens with zero attached hydrogens (tertiary/aromatic N) is 6. The van der Waals surface area contributed by atoms with Crippen molar-refractivity contribution in [1.29, 1.82) is 0 Å². The van der Waals surface area contributed by atoms with E-state index in [2.05, 4.69) is 30.1 Å². The molecule has 4 heterocycles. The SMILES string of the molecule is CC.CCOC(=O)/C=C/c1cccc(-c2cnc(Cl)nc2N2CCOCC2)c1.CCOC(=O)/C=C/c1cccc(-c2cnc(Nc3ccccc3)nc2N2CCOCC2)c1. The van der Waals surface area contributed by atoms with E-state index >= 15 is 0 Å². The van der Waals surface area contributed by atoms with Crippen LogP contribution in [0, 0.1) is 0 Å². The lowest BCUT2D eigenvalue weighted by Gasteiger charge is -2.29. The summed E-state index contributed by atoms with van der Waals surface area (Å²) in [6.45, 7) is 13.9. The number of benzene rings is 3. The maximum atomic E-state index is 11.7. The van der Waals surface area contributed by atoms with E-state index in [1.165, 1.54) is 12.2 Å². The molecule has 3 aromatic carbocycles. The number of hydrogen-bond donors (Lipinski definition) is 1. The van der Waals surface area contributed by atoms with Gasteiger partial charge in [0.25, 0.3) is 0 Å². The zero-order chi connectivity index (χ0) is 42.5. The lowest BCUT2D eigenvalue weighted by molar-refractivity contribution is -0.138. The van der Waals surface area contributed by atoms with Crippen LogP contribution in [0.1, 0.15) is 38.8 Å². The molecule has 0 aliphatic carbocycles. The number of carbonyl (C=O) groups excluding carboxylic acids is 2. The molecule has 0 atom stereocenters. The minimum atomic E-state index is -0.360. The molecular weight excluding hydrogens is 782 g/mol. The molecule has 7 rings (SSSR count). The van der Waals surface area contributed by atoms with Crippen molar-refractivity contribution < 1.29 is 28.5 Å². The van der Waals surface area contributed by atoms with Gasteiger partial charge in [0.15, 0.2) is 0 Å². The number of morpholine rings is 2. The molecule has 0 spiro atoms. The first kappa shape index (κ1) is 44.9. The van der Waals surface area contributed by atoms with Crippen molar-refractivity contribution >= 4 is 59.0 Å². The highest BCUT2D eigenvalue weighted by atomic mass is 35.5. The number of rotatable bonds is 12. The molecule has 2 saturated heterocycles. The van der Waals surface area contributed by atoms with Gasteiger partial charge in [0, 0.05) is 67.5 Å². The number of anilines is 4. The molecule has 1 N–H and O–H groups in total. The lowest BCUT2D eigenvalue weighted by atomic mass is 10.0. The fourth-order valence-electron chi connectivity index (χ4n) is 6.20. The van der Waals surface area contributed by atoms with Gasteiger partial charge in [0.05, 0.1) is 39.6 Å². The van der Waals surface area contributed by atoms with Gasteiger partial charge in [-0.05, 0) is 84.1 Å². The Bertz CT molecular complexity index is 2190. The quantitative estimate of drug-likeness (QED) is 0.0730. The highest BCUT2D eigenvalue weighted by Gasteiger charge is 2.20. The van der Waals surface area contributed by atoms with Gasteiger partial charge in [-0.3, -0.25) is 0 Å². The van der Waals surface area contributed by atoms with Crippen LogP contribution in [0.4, 0.5) is 23.3 Å². The van der Waals surface area contributed by atoms with Crippen LogP contribution in [-0.2, 0) is 28.5 Å². The average Bonchev–Trinajstić information content (AvgIpc) is 3.30. The van der Waals surface area contributed by atoms with Crippen molar-refractivity contribution in [3.05, 3.63) is 120 Å². The number of aromatic nitrogens is 4. The van der Waals surface area contributed by atoms with Gasteiger partial charge in [-0.2, -0.15) is 9.97 Å². The van der Waals surface area contributed by atoms with E-state index in [0.717, 1.165) is 76.9 Å². The molecule has 0 saturated carbocycles. The van der Waals surface area contributed by atoms with Crippen LogP contribution in [0.5, 0.6) is 0 Å². The molecule has 2 fully saturated rings. The third-order valence-electron chi connectivity index (χ3n) is 8.95. The number of ether oxygens (including phenoxy) is 4. The normalized spacial score (nSPS) is 13.8. The van der Waals surface area contributed by atoms with Gasteiger partial charge in [0.1, 0.15) is 11.6 Å². The molecule has 2 aliphatic heterocycles. The number of carbonyl (C=O) groups is 2. The summed E-state index contributed by atoms with van der Waals surface area (Å²) in [6.07, 6.45) is 9.92. The Morgan fingerprint density at radius 3 is 1.67 bits per heavy atom. The monoisotopic (exact) mass is 833 g/mol. The summed E-state index contributed by atoms with van der Waals surface area (Å²) in [7, 11) is 0. The minimum absolute atomic E-state index is 0.216. The molecule has 2 aromatic heterocycles. The Labute approximate surface area is 357 Å². The Balaban J connectivity index is 0.000000223. The Morgan fingerprint density at radius 1 is 0.683 bits per heavy atom. The van der Waals surface area contributed by atoms with Crippen molar-refractivity contribution in [2.45, 2.75) is 27.7 Å². The van der Waals surface area contributed by atoms with Crippen LogP contribution in [0.15, 0.2) is 103 Å². The van der Waals surface area contributed by atoms with Crippen LogP contribution in [-0.4, -0.2) is 97.7 Å². The summed E-state index contributed by atoms with van der Waals surface area (Å²) in [4.78, 5) is 45.5. The minimum Gasteiger partial charge on any atom is -0.463 e. The van der Waals surface area contributed by atoms with Crippen molar-refractivity contribution in [2.24, 2.45) is 0 Å². The Hall–Kier alpha value is -6.15. The number of esters is 2. The second kappa shape index (κ2) is 24.1. The fourth-order valence-corrected chi connectivity index (χ4v) is 6.33. The van der Waals surface area contributed by atoms with Gasteiger partial charge in [0.2, 0.25) is 11.2 Å². The maximum absolute atomic E-state index is 11.7. The molecule has 0 unspecified atom stereocenters. The molecule has 0 radical (unpaired) electrons. The van der Waals surface area contributed by atoms with Crippen LogP contribution in [0.3, 0.4) is 0 Å². The van der Waals surface area contributed by atoms with Gasteiger partial charge >= 0.3 is 11.9 Å². The van der Waals surface area contributed by atoms with Crippen LogP contribution in [0.25, 0.3) is 34.4 Å². The molecule has 13 nitrogen and oxygen atoms in total. The van der Waals surface area contributed by atoms with Gasteiger partial charge < -0.3 is 34.1 Å². The van der Waals surface area contributed by atoms with Gasteiger partial charge in [-0.1, -0.05) is 68.4 Å². The van der Waals surface area contributed by atoms with E-state index in [1.54, 1.807) is 32.2 Å². The number of hydrogen-bond acceptors (Lipinski definition) is 13. The maximum Gasteiger partial charge on any atom is 0.330 e. The molecule has 0 bridgehead atoms. The molecular formula is C46H52ClN7O6. The van der Waals surface area contributed by atoms with E-state index in [0.29, 0.717) is 45.6 Å². The molecule has 5 aromatic rings. The molecule has 314 valence electrons. The lowest BCUT2D eigenvalue weighted by Crippen LogP contribution is -2.37. The summed E-state index contributed by atoms with van der Waals surface area (Å²) in [5.41, 5.74) is 6.46. The average molecular weight is 834 g/mol. The summed E-state index contributed by atoms with van der Waals surface area (Å²) in [5.74, 6) is 1.47. The Morgan fingerprint density at radius 2 is 1.17 bits per heavy atom. The molecule has 14 heteroatoms. The van der Waals surface area contributed by atoms with Gasteiger partial charge in [-0.25, -0.2) is 19.6 Å². The first-order valence-electron chi connectivity index (χ1n) is 20.2. The summed E-state index contributed by atoms with van der Waals surface area (Å²) in [5, 5.41) is 3.49. The standard InChI is InChI=1S/C25H26N4O3.C19H20ClN3O3.C2H6/c1-2-32-23(30)12-11-19-7-6-8-20(17-19)22-18-26-25(27-21-9-4-3-5-10-21)28-24(22)29-13-15-31-16-14-29;1-2-26-17(24)7-6-14-4-3-5-15(12-14)16-13-21-19(20)22-18(16)23-8-10-25-11-9-23;1-2/h3-12,17-18H,2,13-16H2,1H3,(H,26,27,28);3-7,12-13H,2,8-11H2,1H3;1-2H3/b12-11+;7-6+;. The Kier molecular flexibility index (Phi) is 18.0. The summed E-state index contributed by atoms with van der Waals surface area (Å²) in [6, 6.07) is 25.6. The first-order chi connectivity index (χ1) is 29.4. The predicted molar refractivity (Wildman–Crippen MR) is 238 cm³/mol. The highest BCUT2D eigenvalue weighted by Crippen LogP contribution is 2.33. The van der Waals surface area contributed by atoms with E-state index in [9.17, 15) is 9.59 Å². The second-order valence-corrected chi connectivity index (χ2v) is 13.3. The third kappa shape index (κ3) is 13.4. The third-order valence-corrected chi connectivity index (χ3v) is 9.13. The van der Waals surface area contributed by atoms with Gasteiger partial charge in [-0.15, -0.1) is 0 Å². The van der Waals surface area contributed by atoms with Crippen molar-refractivity contribution in [3.8, 4) is 22.3 Å². The predicted octanol–water partition coefficient (Wildman–Crippen LogP) is 8.54. The number of halogens is 1. The van der Waals surface area contributed by atoms with Crippen LogP contribution in [0.2, 0.25) is 5.28 Å². The van der Waals surface area contributed by atoms with E-state index in [1.807, 2.05) is 98.9 Å². The molecule has 60 heavy (non-hydrogen) atoms. The number of nitrogens with one attached hydrogen (secondary N) is 1. The topological polar surface area (TPSA) is 141 Å². The zero-order valence-electron chi connectivity index (χ0n) is 34.6. The second-order valence-electron chi connectivity index (χ2n) is 12.9. The zero-order valence-corrected chi connectivity index (χ0v) is 35.3. The van der Waals surface area contributed by atoms with Crippen molar-refractivity contribution in [2.75, 3.05) is 80.9 Å². The fraction of sp³-hybridized carbons (Fsp3) is 0.304. The smallest absolute Gasteiger partial charge is 0.330 e. The van der Waals surface area contributed by atoms with Crippen LogP contribution >= 0.6 is 11.6 Å². The number of para-hydroxylation sites is 1. The van der Waals surface area contributed by atoms with Crippen LogP contribution < -0.4 is 15.1 Å². The van der Waals surface area contributed by atoms with E-state index < -0.39 is 0 Å². The summed E-state index contributed by atoms with van der Waals surface area (Å²) < 4.78 is 20.8. The largest absolute Gasteiger partial charge is 0.463 e. The molecule has 0 amide bonds. The molecule has 2 aliphatic rings.